The van der Waals surface area contributed by atoms with Gasteiger partial charge < -0.3 is 5.32 Å². The summed E-state index contributed by atoms with van der Waals surface area (Å²) in [7, 11) is 2.01. The molecule has 178 valence electrons. The van der Waals surface area contributed by atoms with Crippen LogP contribution < -0.4 is 5.32 Å². The zero-order valence-corrected chi connectivity index (χ0v) is 20.6. The first-order valence-corrected chi connectivity index (χ1v) is 12.2. The second kappa shape index (κ2) is 17.5. The summed E-state index contributed by atoms with van der Waals surface area (Å²) in [5, 5.41) is 3.28. The fourth-order valence-corrected chi connectivity index (χ4v) is 3.94. The maximum absolute atomic E-state index is 14.2. The molecule has 0 aliphatic rings. The number of allylic oxidation sites excluding steroid dienone is 2. The van der Waals surface area contributed by atoms with E-state index in [0.29, 0.717) is 12.3 Å². The summed E-state index contributed by atoms with van der Waals surface area (Å²) in [5.74, 6) is 0.591. The number of rotatable bonds is 18. The van der Waals surface area contributed by atoms with Gasteiger partial charge >= 0.3 is 0 Å². The van der Waals surface area contributed by atoms with Gasteiger partial charge in [-0.25, -0.2) is 4.39 Å². The number of aliphatic imine (C=N–C) groups is 2. The molecule has 1 unspecified atom stereocenters. The van der Waals surface area contributed by atoms with Crippen LogP contribution in [-0.2, 0) is 12.8 Å². The Bertz CT molecular complexity index is 736. The van der Waals surface area contributed by atoms with Crippen molar-refractivity contribution in [3.05, 3.63) is 59.1 Å². The molecule has 0 fully saturated rings. The third-order valence-electron chi connectivity index (χ3n) is 5.71. The van der Waals surface area contributed by atoms with E-state index >= 15 is 0 Å². The van der Waals surface area contributed by atoms with E-state index < -0.39 is 0 Å². The van der Waals surface area contributed by atoms with Gasteiger partial charge in [0, 0.05) is 19.0 Å². The molecule has 1 aromatic carbocycles. The number of benzene rings is 1. The number of unbranched alkanes of at least 4 members (excludes halogenated alkanes) is 2. The zero-order valence-electron chi connectivity index (χ0n) is 20.6. The Morgan fingerprint density at radius 2 is 2.00 bits per heavy atom. The predicted octanol–water partition coefficient (Wildman–Crippen LogP) is 7.12. The number of halogens is 1. The van der Waals surface area contributed by atoms with Crippen molar-refractivity contribution in [2.75, 3.05) is 20.1 Å². The lowest BCUT2D eigenvalue weighted by molar-refractivity contribution is 0.401. The van der Waals surface area contributed by atoms with E-state index in [1.54, 1.807) is 6.07 Å². The van der Waals surface area contributed by atoms with E-state index in [9.17, 15) is 4.39 Å². The molecule has 0 heterocycles. The van der Waals surface area contributed by atoms with Crippen LogP contribution in [0.15, 0.2) is 52.1 Å². The summed E-state index contributed by atoms with van der Waals surface area (Å²) in [5.41, 5.74) is 3.98. The standard InChI is InChI=1S/C28H44FN3/c1-6-10-26(21-31-5)22-32-18-16-24(15-17-30-4)11-8-7-9-12-25-13-14-27(19-23(2)3)28(29)20-25/h13-14,20-22,24,30H,2,5-12,15-19H2,1,3-4H3/b26-21-,32-22-. The molecule has 0 radical (unpaired) electrons. The highest BCUT2D eigenvalue weighted by atomic mass is 19.1. The maximum atomic E-state index is 14.2. The highest BCUT2D eigenvalue weighted by Gasteiger charge is 2.08. The molecule has 0 bridgehead atoms. The van der Waals surface area contributed by atoms with Crippen LogP contribution in [0.3, 0.4) is 0 Å². The summed E-state index contributed by atoms with van der Waals surface area (Å²) >= 11 is 0. The van der Waals surface area contributed by atoms with Gasteiger partial charge in [0.05, 0.1) is 0 Å². The molecule has 0 saturated heterocycles. The molecule has 0 aliphatic carbocycles. The molecule has 0 amide bonds. The van der Waals surface area contributed by atoms with E-state index in [1.165, 1.54) is 25.7 Å². The van der Waals surface area contributed by atoms with Crippen LogP contribution in [-0.4, -0.2) is 33.1 Å². The average Bonchev–Trinajstić information content (AvgIpc) is 2.75. The lowest BCUT2D eigenvalue weighted by Crippen LogP contribution is -2.14. The van der Waals surface area contributed by atoms with Gasteiger partial charge in [0.2, 0.25) is 0 Å². The first kappa shape index (κ1) is 28.0. The first-order chi connectivity index (χ1) is 15.5. The van der Waals surface area contributed by atoms with E-state index in [0.717, 1.165) is 67.5 Å². The smallest absolute Gasteiger partial charge is 0.126 e. The second-order valence-corrected chi connectivity index (χ2v) is 8.88. The Balaban J connectivity index is 2.38. The van der Waals surface area contributed by atoms with Crippen LogP contribution in [0.2, 0.25) is 0 Å². The molecule has 0 aromatic heterocycles. The predicted molar refractivity (Wildman–Crippen MR) is 140 cm³/mol. The van der Waals surface area contributed by atoms with Gasteiger partial charge in [-0.2, -0.15) is 0 Å². The maximum Gasteiger partial charge on any atom is 0.126 e. The SMILES string of the molecule is C=N/C=C(\C=N/CCC(CCCCCc1ccc(CC(=C)C)c(F)c1)CCNC)CCC. The monoisotopic (exact) mass is 441 g/mol. The number of hydrogen-bond acceptors (Lipinski definition) is 3. The number of nitrogens with zero attached hydrogens (tertiary/aromatic N) is 2. The summed E-state index contributed by atoms with van der Waals surface area (Å²) < 4.78 is 14.2. The Kier molecular flexibility index (Phi) is 15.3. The minimum Gasteiger partial charge on any atom is -0.320 e. The molecule has 0 saturated carbocycles. The van der Waals surface area contributed by atoms with E-state index in [2.05, 4.69) is 41.6 Å². The lowest BCUT2D eigenvalue weighted by Gasteiger charge is -2.15. The third kappa shape index (κ3) is 12.7. The quantitative estimate of drug-likeness (QED) is 0.147. The normalized spacial score (nSPS) is 12.9. The summed E-state index contributed by atoms with van der Waals surface area (Å²) in [6.45, 7) is 13.4. The number of aryl methyl sites for hydroxylation is 1. The van der Waals surface area contributed by atoms with E-state index in [4.69, 9.17) is 0 Å². The van der Waals surface area contributed by atoms with Gasteiger partial charge in [-0.15, -0.1) is 0 Å². The van der Waals surface area contributed by atoms with Crippen LogP contribution in [0.25, 0.3) is 0 Å². The van der Waals surface area contributed by atoms with Crippen LogP contribution in [0.1, 0.15) is 76.3 Å². The molecular formula is C28H44FN3. The topological polar surface area (TPSA) is 36.8 Å². The van der Waals surface area contributed by atoms with Gasteiger partial charge in [0.1, 0.15) is 5.82 Å². The van der Waals surface area contributed by atoms with Crippen LogP contribution >= 0.6 is 0 Å². The highest BCUT2D eigenvalue weighted by molar-refractivity contribution is 5.78. The van der Waals surface area contributed by atoms with Crippen molar-refractivity contribution in [3.8, 4) is 0 Å². The van der Waals surface area contributed by atoms with Gasteiger partial charge in [0.25, 0.3) is 0 Å². The summed E-state index contributed by atoms with van der Waals surface area (Å²) in [4.78, 5) is 8.50. The Morgan fingerprint density at radius 1 is 1.19 bits per heavy atom. The van der Waals surface area contributed by atoms with Gasteiger partial charge in [-0.1, -0.05) is 56.9 Å². The van der Waals surface area contributed by atoms with Crippen LogP contribution in [0.4, 0.5) is 4.39 Å². The van der Waals surface area contributed by atoms with E-state index in [1.807, 2.05) is 32.5 Å². The molecule has 4 heteroatoms. The van der Waals surface area contributed by atoms with Crippen molar-refractivity contribution in [1.82, 2.24) is 5.32 Å². The molecule has 32 heavy (non-hydrogen) atoms. The van der Waals surface area contributed by atoms with Crippen molar-refractivity contribution in [2.45, 2.75) is 78.1 Å². The molecule has 0 aliphatic heterocycles. The van der Waals surface area contributed by atoms with Crippen molar-refractivity contribution >= 4 is 12.9 Å². The molecule has 1 atom stereocenters. The van der Waals surface area contributed by atoms with Crippen molar-refractivity contribution in [1.29, 1.82) is 0 Å². The van der Waals surface area contributed by atoms with Gasteiger partial charge in [0.15, 0.2) is 0 Å². The van der Waals surface area contributed by atoms with Crippen LogP contribution in [0.5, 0.6) is 0 Å². The molecule has 1 N–H and O–H groups in total. The Hall–Kier alpha value is -2.07. The fraction of sp³-hybridized carbons (Fsp3) is 0.571. The third-order valence-corrected chi connectivity index (χ3v) is 5.71. The molecule has 1 aromatic rings. The van der Waals surface area contributed by atoms with E-state index in [-0.39, 0.29) is 5.82 Å². The molecule has 0 spiro atoms. The minimum absolute atomic E-state index is 0.0982. The van der Waals surface area contributed by atoms with Crippen molar-refractivity contribution < 1.29 is 4.39 Å². The fourth-order valence-electron chi connectivity index (χ4n) is 3.94. The molecular weight excluding hydrogens is 397 g/mol. The first-order valence-electron chi connectivity index (χ1n) is 12.2. The van der Waals surface area contributed by atoms with Crippen molar-refractivity contribution in [2.24, 2.45) is 15.9 Å². The van der Waals surface area contributed by atoms with Gasteiger partial charge in [-0.05, 0) is 94.4 Å². The molecule has 3 nitrogen and oxygen atoms in total. The average molecular weight is 442 g/mol. The highest BCUT2D eigenvalue weighted by Crippen LogP contribution is 2.20. The van der Waals surface area contributed by atoms with Crippen LogP contribution in [0, 0.1) is 11.7 Å². The second-order valence-electron chi connectivity index (χ2n) is 8.88. The molecule has 1 rings (SSSR count). The zero-order chi connectivity index (χ0) is 23.6. The minimum atomic E-state index is -0.0982. The summed E-state index contributed by atoms with van der Waals surface area (Å²) in [6.07, 6.45) is 14.5. The lowest BCUT2D eigenvalue weighted by atomic mass is 9.93. The Labute approximate surface area is 196 Å². The van der Waals surface area contributed by atoms with Gasteiger partial charge in [-0.3, -0.25) is 9.98 Å². The Morgan fingerprint density at radius 3 is 2.66 bits per heavy atom. The van der Waals surface area contributed by atoms with Crippen molar-refractivity contribution in [3.63, 3.8) is 0 Å². The largest absolute Gasteiger partial charge is 0.320 e. The number of nitrogens with one attached hydrogen (secondary N) is 1. The summed E-state index contributed by atoms with van der Waals surface area (Å²) in [6, 6.07) is 5.69. The number of hydrogen-bond donors (Lipinski definition) is 1.